The molecule has 176 valence electrons. The molecule has 0 fully saturated rings. The molecule has 6 heteroatoms. The summed E-state index contributed by atoms with van der Waals surface area (Å²) in [4.78, 5) is 13.2. The maximum absolute atomic E-state index is 13.2. The molecule has 0 amide bonds. The summed E-state index contributed by atoms with van der Waals surface area (Å²) in [6.45, 7) is 4.09. The van der Waals surface area contributed by atoms with Crippen molar-refractivity contribution in [1.82, 2.24) is 0 Å². The zero-order chi connectivity index (χ0) is 24.4. The van der Waals surface area contributed by atoms with Crippen molar-refractivity contribution in [2.24, 2.45) is 0 Å². The molecule has 0 aromatic heterocycles. The molecule has 0 saturated carbocycles. The molecule has 0 radical (unpaired) electrons. The number of hydrogen-bond donors (Lipinski definition) is 1. The number of hydrogen-bond acceptors (Lipinski definition) is 6. The highest BCUT2D eigenvalue weighted by molar-refractivity contribution is 6.11. The number of benzene rings is 3. The zero-order valence-corrected chi connectivity index (χ0v) is 19.9. The van der Waals surface area contributed by atoms with Gasteiger partial charge in [-0.15, -0.1) is 0 Å². The molecule has 0 spiro atoms. The van der Waals surface area contributed by atoms with Gasteiger partial charge in [0, 0.05) is 17.0 Å². The lowest BCUT2D eigenvalue weighted by atomic mass is 9.90. The fourth-order valence-corrected chi connectivity index (χ4v) is 4.35. The Kier molecular flexibility index (Phi) is 6.50. The Labute approximate surface area is 199 Å². The van der Waals surface area contributed by atoms with Crippen LogP contribution < -0.4 is 18.9 Å². The van der Waals surface area contributed by atoms with Gasteiger partial charge in [-0.25, -0.2) is 0 Å². The van der Waals surface area contributed by atoms with Crippen LogP contribution in [0.2, 0.25) is 0 Å². The van der Waals surface area contributed by atoms with Gasteiger partial charge in [-0.05, 0) is 60.5 Å². The van der Waals surface area contributed by atoms with Crippen molar-refractivity contribution in [3.63, 3.8) is 0 Å². The second-order valence-electron chi connectivity index (χ2n) is 8.14. The Balaban J connectivity index is 1.68. The van der Waals surface area contributed by atoms with Gasteiger partial charge in [-0.3, -0.25) is 4.79 Å². The van der Waals surface area contributed by atoms with Crippen LogP contribution in [0.15, 0.2) is 54.6 Å². The fourth-order valence-electron chi connectivity index (χ4n) is 4.35. The van der Waals surface area contributed by atoms with Crippen LogP contribution in [0.5, 0.6) is 28.7 Å². The molecule has 1 aliphatic heterocycles. The summed E-state index contributed by atoms with van der Waals surface area (Å²) in [5.74, 6) is 1.93. The summed E-state index contributed by atoms with van der Waals surface area (Å²) in [7, 11) is 4.61. The summed E-state index contributed by atoms with van der Waals surface area (Å²) < 4.78 is 22.7. The van der Waals surface area contributed by atoms with Crippen LogP contribution in [0.4, 0.5) is 0 Å². The molecule has 6 nitrogen and oxygen atoms in total. The Morgan fingerprint density at radius 2 is 1.68 bits per heavy atom. The predicted molar refractivity (Wildman–Crippen MR) is 131 cm³/mol. The number of aromatic hydroxyl groups is 1. The minimum Gasteiger partial charge on any atom is -0.504 e. The second kappa shape index (κ2) is 9.51. The van der Waals surface area contributed by atoms with E-state index < -0.39 is 0 Å². The molecule has 3 aromatic carbocycles. The van der Waals surface area contributed by atoms with Gasteiger partial charge in [0.25, 0.3) is 0 Å². The molecular formula is C28H28O6. The Morgan fingerprint density at radius 1 is 0.941 bits per heavy atom. The van der Waals surface area contributed by atoms with E-state index in [4.69, 9.17) is 18.9 Å². The highest BCUT2D eigenvalue weighted by Crippen LogP contribution is 2.51. The van der Waals surface area contributed by atoms with E-state index in [1.807, 2.05) is 37.3 Å². The van der Waals surface area contributed by atoms with Crippen LogP contribution >= 0.6 is 0 Å². The van der Waals surface area contributed by atoms with Crippen molar-refractivity contribution in [2.75, 3.05) is 21.3 Å². The van der Waals surface area contributed by atoms with Crippen LogP contribution in [-0.2, 0) is 0 Å². The lowest BCUT2D eigenvalue weighted by Crippen LogP contribution is -2.10. The smallest absolute Gasteiger partial charge is 0.196 e. The lowest BCUT2D eigenvalue weighted by Gasteiger charge is -2.18. The van der Waals surface area contributed by atoms with Crippen molar-refractivity contribution in [3.8, 4) is 28.7 Å². The van der Waals surface area contributed by atoms with Gasteiger partial charge >= 0.3 is 0 Å². The largest absolute Gasteiger partial charge is 0.504 e. The third-order valence-corrected chi connectivity index (χ3v) is 6.12. The molecule has 4 rings (SSSR count). The average molecular weight is 461 g/mol. The number of phenols is 1. The number of ether oxygens (including phenoxy) is 4. The van der Waals surface area contributed by atoms with E-state index in [0.29, 0.717) is 22.6 Å². The minimum absolute atomic E-state index is 0.0266. The first kappa shape index (κ1) is 23.2. The molecular weight excluding hydrogens is 432 g/mol. The van der Waals surface area contributed by atoms with Crippen LogP contribution in [0.3, 0.4) is 0 Å². The van der Waals surface area contributed by atoms with Gasteiger partial charge in [0.1, 0.15) is 11.9 Å². The molecule has 0 aliphatic carbocycles. The number of phenolic OH excluding ortho intramolecular Hbond substituents is 1. The first-order valence-corrected chi connectivity index (χ1v) is 11.0. The average Bonchev–Trinajstić information content (AvgIpc) is 3.19. The van der Waals surface area contributed by atoms with Gasteiger partial charge in [0.2, 0.25) is 0 Å². The minimum atomic E-state index is -0.253. The Hall–Kier alpha value is -3.93. The summed E-state index contributed by atoms with van der Waals surface area (Å²) in [5, 5.41) is 9.84. The topological polar surface area (TPSA) is 74.2 Å². The molecule has 2 unspecified atom stereocenters. The van der Waals surface area contributed by atoms with Crippen LogP contribution in [0.1, 0.15) is 58.5 Å². The summed E-state index contributed by atoms with van der Waals surface area (Å²) in [5.41, 5.74) is 3.83. The van der Waals surface area contributed by atoms with E-state index in [0.717, 1.165) is 22.4 Å². The Bertz CT molecular complexity index is 1260. The molecule has 34 heavy (non-hydrogen) atoms. The van der Waals surface area contributed by atoms with Crippen molar-refractivity contribution in [1.29, 1.82) is 0 Å². The van der Waals surface area contributed by atoms with Crippen LogP contribution in [0, 0.1) is 0 Å². The summed E-state index contributed by atoms with van der Waals surface area (Å²) in [6.07, 6.45) is 3.77. The van der Waals surface area contributed by atoms with Crippen molar-refractivity contribution >= 4 is 11.9 Å². The van der Waals surface area contributed by atoms with Gasteiger partial charge in [0.15, 0.2) is 28.8 Å². The van der Waals surface area contributed by atoms with E-state index in [1.165, 1.54) is 26.4 Å². The summed E-state index contributed by atoms with van der Waals surface area (Å²) >= 11 is 0. The number of rotatable bonds is 7. The molecule has 1 heterocycles. The van der Waals surface area contributed by atoms with Gasteiger partial charge in [0.05, 0.1) is 26.9 Å². The van der Waals surface area contributed by atoms with Gasteiger partial charge in [-0.1, -0.05) is 25.1 Å². The van der Waals surface area contributed by atoms with E-state index >= 15 is 0 Å². The van der Waals surface area contributed by atoms with E-state index in [9.17, 15) is 9.90 Å². The Morgan fingerprint density at radius 3 is 2.35 bits per heavy atom. The number of allylic oxidation sites excluding steroid dienone is 1. The first-order chi connectivity index (χ1) is 16.4. The van der Waals surface area contributed by atoms with Crippen molar-refractivity contribution in [3.05, 3.63) is 82.4 Å². The number of carbonyl (C=O) groups excluding carboxylic acids is 1. The quantitative estimate of drug-likeness (QED) is 0.441. The summed E-state index contributed by atoms with van der Waals surface area (Å²) in [6, 6.07) is 14.1. The predicted octanol–water partition coefficient (Wildman–Crippen LogP) is 5.92. The zero-order valence-electron chi connectivity index (χ0n) is 19.9. The third-order valence-electron chi connectivity index (χ3n) is 6.12. The molecule has 3 aromatic rings. The van der Waals surface area contributed by atoms with Crippen molar-refractivity contribution < 1.29 is 28.8 Å². The number of carbonyl (C=O) groups is 1. The van der Waals surface area contributed by atoms with Gasteiger partial charge in [-0.2, -0.15) is 0 Å². The number of methoxy groups -OCH3 is 3. The maximum Gasteiger partial charge on any atom is 0.196 e. The van der Waals surface area contributed by atoms with Gasteiger partial charge < -0.3 is 24.1 Å². The van der Waals surface area contributed by atoms with Crippen LogP contribution in [-0.4, -0.2) is 32.2 Å². The third kappa shape index (κ3) is 4.07. The van der Waals surface area contributed by atoms with E-state index in [1.54, 1.807) is 19.2 Å². The second-order valence-corrected chi connectivity index (χ2v) is 8.14. The maximum atomic E-state index is 13.2. The van der Waals surface area contributed by atoms with Crippen LogP contribution in [0.25, 0.3) is 6.08 Å². The highest BCUT2D eigenvalue weighted by atomic mass is 16.5. The van der Waals surface area contributed by atoms with E-state index in [2.05, 4.69) is 13.0 Å². The standard InChI is InChI=1S/C28H28O6/c1-6-7-17-12-21-16(2)27(34-28(21)25(13-17)33-5)19-8-10-20(23(15-19)31-3)26(30)18-9-11-22(29)24(14-18)32-4/h6-16,27,29H,1-5H3. The molecule has 2 atom stereocenters. The molecule has 0 saturated heterocycles. The normalized spacial score (nSPS) is 16.7. The molecule has 1 aliphatic rings. The van der Waals surface area contributed by atoms with E-state index in [-0.39, 0.29) is 29.3 Å². The first-order valence-electron chi connectivity index (χ1n) is 11.0. The SMILES string of the molecule is CC=Cc1cc(OC)c2c(c1)C(C)C(c1ccc(C(=O)c3ccc(O)c(OC)c3)c(OC)c1)O2. The molecule has 0 bridgehead atoms. The number of ketones is 1. The molecule has 1 N–H and O–H groups in total. The highest BCUT2D eigenvalue weighted by Gasteiger charge is 2.35. The fraction of sp³-hybridized carbons (Fsp3) is 0.250. The number of fused-ring (bicyclic) bond motifs is 1. The van der Waals surface area contributed by atoms with Crippen molar-refractivity contribution in [2.45, 2.75) is 25.9 Å². The lowest BCUT2D eigenvalue weighted by molar-refractivity contribution is 0.103. The monoisotopic (exact) mass is 460 g/mol.